The summed E-state index contributed by atoms with van der Waals surface area (Å²) >= 11 is 0. The second kappa shape index (κ2) is 23.9. The van der Waals surface area contributed by atoms with Gasteiger partial charge in [0, 0.05) is 47.9 Å². The van der Waals surface area contributed by atoms with Crippen LogP contribution in [0.15, 0.2) is 115 Å². The molecule has 456 valence electrons. The lowest BCUT2D eigenvalue weighted by Gasteiger charge is -2.47. The highest BCUT2D eigenvalue weighted by atomic mass is 16.7. The number of amides is 2. The number of aromatic nitrogens is 2. The van der Waals surface area contributed by atoms with E-state index in [1.807, 2.05) is 0 Å². The molecule has 8 unspecified atom stereocenters. The number of carbonyl (C=O) groups is 4. The van der Waals surface area contributed by atoms with Crippen LogP contribution in [0.2, 0.25) is 0 Å². The number of carbonyl (C=O) groups excluding carboxylic acids is 4. The number of rotatable bonds is 16. The molecule has 0 bridgehead atoms. The smallest absolute Gasteiger partial charge is 0.364 e. The Bertz CT molecular complexity index is 3820. The molecule has 6 heterocycles. The van der Waals surface area contributed by atoms with E-state index in [-0.39, 0.29) is 67.1 Å². The third kappa shape index (κ3) is 12.0. The van der Waals surface area contributed by atoms with Crippen molar-refractivity contribution in [3.8, 4) is 23.0 Å². The zero-order chi connectivity index (χ0) is 62.6. The largest absolute Gasteiger partial charge is 0.505 e. The Labute approximate surface area is 495 Å². The number of hydrogen-bond acceptors (Lipinski definition) is 20. The lowest BCUT2D eigenvalue weighted by atomic mass is 9.89. The maximum absolute atomic E-state index is 13.5. The number of aryl methyl sites for hydroxylation is 4. The zero-order valence-corrected chi connectivity index (χ0v) is 48.9. The Balaban J connectivity index is 0.762. The van der Waals surface area contributed by atoms with Gasteiger partial charge in [0.2, 0.25) is 12.6 Å². The van der Waals surface area contributed by atoms with Gasteiger partial charge in [0.15, 0.2) is 47.3 Å². The van der Waals surface area contributed by atoms with Crippen LogP contribution < -0.4 is 31.4 Å². The van der Waals surface area contributed by atoms with E-state index in [9.17, 15) is 49.2 Å². The van der Waals surface area contributed by atoms with Crippen molar-refractivity contribution in [3.05, 3.63) is 174 Å². The average molecular weight is 1200 g/mol. The fourth-order valence-corrected chi connectivity index (χ4v) is 10.9. The molecule has 0 saturated carbocycles. The Morgan fingerprint density at radius 2 is 0.908 bits per heavy atom. The number of aromatic hydroxyl groups is 2. The number of aromatic amines is 2. The Morgan fingerprint density at radius 3 is 1.24 bits per heavy atom. The lowest BCUT2D eigenvalue weighted by Crippen LogP contribution is -2.65. The van der Waals surface area contributed by atoms with Gasteiger partial charge in [-0.05, 0) is 146 Å². The quantitative estimate of drug-likeness (QED) is 0.0342. The van der Waals surface area contributed by atoms with Gasteiger partial charge in [-0.3, -0.25) is 9.59 Å². The molecule has 8 N–H and O–H groups in total. The first kappa shape index (κ1) is 60.8. The molecule has 24 nitrogen and oxygen atoms in total. The molecule has 4 aromatic carbocycles. The molecule has 87 heavy (non-hydrogen) atoms. The van der Waals surface area contributed by atoms with Crippen molar-refractivity contribution < 1.29 is 86.3 Å². The summed E-state index contributed by atoms with van der Waals surface area (Å²) in [7, 11) is 2.79. The summed E-state index contributed by atoms with van der Waals surface area (Å²) in [6, 6.07) is 25.1. The van der Waals surface area contributed by atoms with Gasteiger partial charge >= 0.3 is 23.2 Å². The Morgan fingerprint density at radius 1 is 0.540 bits per heavy atom. The van der Waals surface area contributed by atoms with Crippen LogP contribution in [0.3, 0.4) is 0 Å². The minimum atomic E-state index is -1.56. The predicted molar refractivity (Wildman–Crippen MR) is 312 cm³/mol. The van der Waals surface area contributed by atoms with E-state index < -0.39 is 118 Å². The number of aliphatic hydroxyl groups is 2. The van der Waals surface area contributed by atoms with Crippen LogP contribution in [-0.4, -0.2) is 129 Å². The Hall–Kier alpha value is -9.30. The van der Waals surface area contributed by atoms with Gasteiger partial charge in [0.1, 0.15) is 46.3 Å². The summed E-state index contributed by atoms with van der Waals surface area (Å²) in [5.74, 6) is -3.86. The van der Waals surface area contributed by atoms with E-state index in [1.54, 1.807) is 104 Å². The standard InChI is InChI=1S/C63H64N4O20/c1-28-11-23-38(64-28)56(74)84-50-46(70)60(86-62(5,6)52(50)78-9)80-40-25-21-36-44(68)42(58(76)82-48(36)30(40)3)66-54(72)34-17-13-32(14-18-34)27-33-15-19-35(20-16-33)55(73)67-43-45(69)37-22-26-41(31(4)49(37)83-59(43)77)81-61-47(71)51(53(79-10)63(7,8)87-61)85-57(75)39-24-12-29(2)65-39/h11-26,46-47,50-53,60-61,64-65,68-71H,27H2,1-10H3,(H,66,72)(H,67,73). The number of fused-ring (bicyclic) bond motifs is 2. The molecule has 0 spiro atoms. The number of aliphatic hydroxyl groups excluding tert-OH is 2. The van der Waals surface area contributed by atoms with Crippen molar-refractivity contribution in [2.45, 2.75) is 122 Å². The maximum atomic E-state index is 13.5. The summed E-state index contributed by atoms with van der Waals surface area (Å²) < 4.78 is 58.5. The van der Waals surface area contributed by atoms with Crippen LogP contribution in [-0.2, 0) is 34.8 Å². The van der Waals surface area contributed by atoms with E-state index in [2.05, 4.69) is 20.6 Å². The van der Waals surface area contributed by atoms with Crippen LogP contribution in [0.25, 0.3) is 21.9 Å². The summed E-state index contributed by atoms with van der Waals surface area (Å²) in [6.45, 7) is 13.4. The van der Waals surface area contributed by atoms with Crippen molar-refractivity contribution in [1.82, 2.24) is 9.97 Å². The summed E-state index contributed by atoms with van der Waals surface area (Å²) in [5, 5.41) is 50.7. The maximum Gasteiger partial charge on any atom is 0.364 e. The minimum absolute atomic E-state index is 0.0586. The van der Waals surface area contributed by atoms with Gasteiger partial charge in [-0.1, -0.05) is 24.3 Å². The van der Waals surface area contributed by atoms with E-state index in [1.165, 1.54) is 62.8 Å². The summed E-state index contributed by atoms with van der Waals surface area (Å²) in [6.07, 6.45) is -9.86. The molecule has 8 atom stereocenters. The highest BCUT2D eigenvalue weighted by Gasteiger charge is 2.55. The molecular weight excluding hydrogens is 1130 g/mol. The van der Waals surface area contributed by atoms with Gasteiger partial charge in [-0.2, -0.15) is 0 Å². The first-order chi connectivity index (χ1) is 41.3. The molecule has 0 radical (unpaired) electrons. The first-order valence-corrected chi connectivity index (χ1v) is 27.5. The van der Waals surface area contributed by atoms with Crippen LogP contribution in [0, 0.1) is 27.7 Å². The van der Waals surface area contributed by atoms with Gasteiger partial charge in [0.05, 0.1) is 22.0 Å². The van der Waals surface area contributed by atoms with Gasteiger partial charge in [0.25, 0.3) is 11.8 Å². The van der Waals surface area contributed by atoms with Crippen LogP contribution >= 0.6 is 0 Å². The highest BCUT2D eigenvalue weighted by Crippen LogP contribution is 2.41. The van der Waals surface area contributed by atoms with Crippen LogP contribution in [0.1, 0.15) is 103 Å². The fourth-order valence-electron chi connectivity index (χ4n) is 10.9. The molecule has 4 aromatic heterocycles. The summed E-state index contributed by atoms with van der Waals surface area (Å²) in [5.41, 5.74) is -1.51. The fraction of sp³-hybridized carbons (Fsp3) is 0.333. The van der Waals surface area contributed by atoms with Crippen molar-refractivity contribution in [3.63, 3.8) is 0 Å². The van der Waals surface area contributed by atoms with Crippen LogP contribution in [0.5, 0.6) is 23.0 Å². The second-order valence-corrected chi connectivity index (χ2v) is 22.4. The topological polar surface area (TPSA) is 339 Å². The number of ether oxygens (including phenoxy) is 8. The number of hydrogen-bond donors (Lipinski definition) is 8. The molecule has 0 aliphatic carbocycles. The number of methoxy groups -OCH3 is 2. The summed E-state index contributed by atoms with van der Waals surface area (Å²) in [4.78, 5) is 85.8. The van der Waals surface area contributed by atoms with E-state index in [4.69, 9.17) is 46.7 Å². The normalized spacial score (nSPS) is 21.5. The third-order valence-electron chi connectivity index (χ3n) is 15.4. The van der Waals surface area contributed by atoms with E-state index >= 15 is 0 Å². The number of H-pyrrole nitrogens is 2. The molecule has 24 heteroatoms. The first-order valence-electron chi connectivity index (χ1n) is 27.5. The van der Waals surface area contributed by atoms with Crippen molar-refractivity contribution in [2.24, 2.45) is 0 Å². The monoisotopic (exact) mass is 1200 g/mol. The SMILES string of the molecule is COC1C(OC(=O)c2ccc(C)[nH]2)C(O)C(Oc2ccc3c(O)c(NC(=O)c4ccc(Cc5ccc(C(=O)Nc6c(O)c7ccc(OC8OC(C)(C)C(OC)C(OC(=O)c9ccc(C)[nH]9)C8O)c(C)c7oc6=O)cc5)cc4)c(=O)oc3c2C)OC1(C)C. The number of esters is 2. The molecule has 2 saturated heterocycles. The molecular formula is C63H64N4O20. The molecule has 10 rings (SSSR count). The number of nitrogens with one attached hydrogen (secondary N) is 4. The molecule has 8 aromatic rings. The number of benzene rings is 4. The predicted octanol–water partition coefficient (Wildman–Crippen LogP) is 7.53. The second-order valence-electron chi connectivity index (χ2n) is 22.4. The van der Waals surface area contributed by atoms with Gasteiger partial charge in [-0.15, -0.1) is 0 Å². The number of anilines is 2. The molecule has 2 amide bonds. The molecule has 2 fully saturated rings. The van der Waals surface area contributed by atoms with E-state index in [0.29, 0.717) is 6.42 Å². The van der Waals surface area contributed by atoms with Crippen molar-refractivity contribution >= 4 is 57.1 Å². The third-order valence-corrected chi connectivity index (χ3v) is 15.4. The Kier molecular flexibility index (Phi) is 16.7. The highest BCUT2D eigenvalue weighted by molar-refractivity contribution is 6.07. The zero-order valence-electron chi connectivity index (χ0n) is 48.9. The minimum Gasteiger partial charge on any atom is -0.505 e. The van der Waals surface area contributed by atoms with Crippen molar-refractivity contribution in [2.75, 3.05) is 24.9 Å². The van der Waals surface area contributed by atoms with Crippen LogP contribution in [0.4, 0.5) is 11.4 Å². The van der Waals surface area contributed by atoms with E-state index in [0.717, 1.165) is 22.5 Å². The van der Waals surface area contributed by atoms with Gasteiger partial charge in [-0.25, -0.2) is 19.2 Å². The molecule has 2 aliphatic rings. The van der Waals surface area contributed by atoms with Gasteiger partial charge < -0.3 is 87.8 Å². The average Bonchev–Trinajstić information content (AvgIpc) is 1.41. The lowest BCUT2D eigenvalue weighted by molar-refractivity contribution is -0.305. The molecule has 2 aliphatic heterocycles. The van der Waals surface area contributed by atoms with Crippen molar-refractivity contribution in [1.29, 1.82) is 0 Å².